The van der Waals surface area contributed by atoms with Gasteiger partial charge in [0.25, 0.3) is 0 Å². The van der Waals surface area contributed by atoms with E-state index in [0.717, 1.165) is 22.6 Å². The fourth-order valence-corrected chi connectivity index (χ4v) is 1.93. The molecular weight excluding hydrogens is 212 g/mol. The lowest BCUT2D eigenvalue weighted by atomic mass is 10.1. The molecular formula is C11H14O3S. The molecule has 0 aliphatic carbocycles. The molecule has 4 heteroatoms. The molecule has 3 nitrogen and oxygen atoms in total. The Bertz CT molecular complexity index is 350. The summed E-state index contributed by atoms with van der Waals surface area (Å²) in [6, 6.07) is 5.51. The van der Waals surface area contributed by atoms with Crippen molar-refractivity contribution in [1.82, 2.24) is 0 Å². The van der Waals surface area contributed by atoms with Crippen molar-refractivity contribution < 1.29 is 14.6 Å². The number of ether oxygens (including phenoxy) is 1. The number of carboxylic acid groups (broad SMARTS) is 1. The van der Waals surface area contributed by atoms with Crippen molar-refractivity contribution in [2.24, 2.45) is 0 Å². The van der Waals surface area contributed by atoms with Gasteiger partial charge in [-0.2, -0.15) is 11.8 Å². The Kier molecular flexibility index (Phi) is 4.49. The molecule has 1 aromatic carbocycles. The van der Waals surface area contributed by atoms with Gasteiger partial charge in [0.2, 0.25) is 0 Å². The van der Waals surface area contributed by atoms with Crippen molar-refractivity contribution in [3.8, 4) is 5.75 Å². The zero-order valence-electron chi connectivity index (χ0n) is 8.82. The number of carboxylic acids is 1. The van der Waals surface area contributed by atoms with Gasteiger partial charge < -0.3 is 9.84 Å². The molecule has 0 fully saturated rings. The van der Waals surface area contributed by atoms with E-state index in [1.54, 1.807) is 24.9 Å². The highest BCUT2D eigenvalue weighted by Crippen LogP contribution is 2.21. The molecule has 82 valence electrons. The van der Waals surface area contributed by atoms with Crippen molar-refractivity contribution in [3.63, 3.8) is 0 Å². The third kappa shape index (κ3) is 3.47. The second-order valence-electron chi connectivity index (χ2n) is 3.14. The van der Waals surface area contributed by atoms with Gasteiger partial charge in [-0.3, -0.25) is 4.79 Å². The summed E-state index contributed by atoms with van der Waals surface area (Å²) in [6.07, 6.45) is 2.06. The average molecular weight is 226 g/mol. The summed E-state index contributed by atoms with van der Waals surface area (Å²) < 4.78 is 5.10. The largest absolute Gasteiger partial charge is 0.497 e. The maximum Gasteiger partial charge on any atom is 0.307 e. The number of benzene rings is 1. The van der Waals surface area contributed by atoms with E-state index in [1.807, 2.05) is 18.4 Å². The zero-order chi connectivity index (χ0) is 11.3. The molecule has 0 saturated carbocycles. The highest BCUT2D eigenvalue weighted by molar-refractivity contribution is 7.97. The predicted octanol–water partition coefficient (Wildman–Crippen LogP) is 2.19. The Morgan fingerprint density at radius 2 is 2.20 bits per heavy atom. The Balaban J connectivity index is 2.97. The van der Waals surface area contributed by atoms with Gasteiger partial charge in [-0.05, 0) is 29.5 Å². The molecule has 0 aromatic heterocycles. The lowest BCUT2D eigenvalue weighted by Gasteiger charge is -2.08. The summed E-state index contributed by atoms with van der Waals surface area (Å²) in [5.74, 6) is 0.774. The Labute approximate surface area is 93.4 Å². The molecule has 0 aliphatic rings. The van der Waals surface area contributed by atoms with Crippen LogP contribution in [0.25, 0.3) is 0 Å². The van der Waals surface area contributed by atoms with E-state index in [4.69, 9.17) is 9.84 Å². The third-order valence-corrected chi connectivity index (χ3v) is 2.65. The minimum atomic E-state index is -0.803. The Hall–Kier alpha value is -1.16. The van der Waals surface area contributed by atoms with Crippen LogP contribution in [0.4, 0.5) is 0 Å². The Morgan fingerprint density at radius 3 is 2.73 bits per heavy atom. The second-order valence-corrected chi connectivity index (χ2v) is 4.00. The van der Waals surface area contributed by atoms with Gasteiger partial charge in [-0.15, -0.1) is 0 Å². The maximum atomic E-state index is 10.6. The van der Waals surface area contributed by atoms with Crippen LogP contribution in [0.5, 0.6) is 5.75 Å². The molecule has 0 saturated heterocycles. The van der Waals surface area contributed by atoms with E-state index in [-0.39, 0.29) is 6.42 Å². The summed E-state index contributed by atoms with van der Waals surface area (Å²) in [4.78, 5) is 10.6. The van der Waals surface area contributed by atoms with Gasteiger partial charge in [-0.25, -0.2) is 0 Å². The molecule has 0 heterocycles. The maximum absolute atomic E-state index is 10.6. The van der Waals surface area contributed by atoms with Crippen LogP contribution >= 0.6 is 11.8 Å². The molecule has 0 atom stereocenters. The SMILES string of the molecule is COc1ccc(CC(=O)O)c(CSC)c1. The van der Waals surface area contributed by atoms with Gasteiger partial charge in [0.05, 0.1) is 13.5 Å². The molecule has 1 N–H and O–H groups in total. The first-order valence-corrected chi connectivity index (χ1v) is 5.93. The second kappa shape index (κ2) is 5.66. The van der Waals surface area contributed by atoms with E-state index in [0.29, 0.717) is 0 Å². The van der Waals surface area contributed by atoms with E-state index in [9.17, 15) is 4.79 Å². The van der Waals surface area contributed by atoms with Crippen LogP contribution in [0.3, 0.4) is 0 Å². The third-order valence-electron chi connectivity index (χ3n) is 2.05. The lowest BCUT2D eigenvalue weighted by molar-refractivity contribution is -0.136. The lowest BCUT2D eigenvalue weighted by Crippen LogP contribution is -2.03. The van der Waals surface area contributed by atoms with E-state index in [1.165, 1.54) is 0 Å². The first kappa shape index (κ1) is 11.9. The molecule has 1 aromatic rings. The van der Waals surface area contributed by atoms with Gasteiger partial charge in [0.15, 0.2) is 0 Å². The van der Waals surface area contributed by atoms with Crippen LogP contribution in [0, 0.1) is 0 Å². The van der Waals surface area contributed by atoms with Crippen LogP contribution in [-0.4, -0.2) is 24.4 Å². The molecule has 0 aliphatic heterocycles. The first-order valence-electron chi connectivity index (χ1n) is 4.54. The first-order chi connectivity index (χ1) is 7.17. The predicted molar refractivity (Wildman–Crippen MR) is 61.6 cm³/mol. The topological polar surface area (TPSA) is 46.5 Å². The number of aliphatic carboxylic acids is 1. The average Bonchev–Trinajstić information content (AvgIpc) is 2.20. The molecule has 0 spiro atoms. The smallest absolute Gasteiger partial charge is 0.307 e. The van der Waals surface area contributed by atoms with E-state index < -0.39 is 5.97 Å². The van der Waals surface area contributed by atoms with Crippen LogP contribution in [0.15, 0.2) is 18.2 Å². The van der Waals surface area contributed by atoms with Crippen LogP contribution in [-0.2, 0) is 17.0 Å². The molecule has 0 unspecified atom stereocenters. The summed E-state index contributed by atoms with van der Waals surface area (Å²) in [5.41, 5.74) is 1.89. The number of methoxy groups -OCH3 is 1. The van der Waals surface area contributed by atoms with Gasteiger partial charge in [-0.1, -0.05) is 6.07 Å². The molecule has 0 amide bonds. The van der Waals surface area contributed by atoms with Crippen molar-refractivity contribution >= 4 is 17.7 Å². The number of thioether (sulfide) groups is 1. The Morgan fingerprint density at radius 1 is 1.47 bits per heavy atom. The molecule has 0 bridgehead atoms. The van der Waals surface area contributed by atoms with Gasteiger partial charge in [0, 0.05) is 5.75 Å². The molecule has 0 radical (unpaired) electrons. The standard InChI is InChI=1S/C11H14O3S/c1-14-10-4-3-8(6-11(12)13)9(5-10)7-15-2/h3-5H,6-7H2,1-2H3,(H,12,13). The normalized spacial score (nSPS) is 10.0. The highest BCUT2D eigenvalue weighted by atomic mass is 32.2. The number of rotatable bonds is 5. The number of hydrogen-bond donors (Lipinski definition) is 1. The summed E-state index contributed by atoms with van der Waals surface area (Å²) in [7, 11) is 1.61. The van der Waals surface area contributed by atoms with Gasteiger partial charge >= 0.3 is 5.97 Å². The zero-order valence-corrected chi connectivity index (χ0v) is 9.63. The minimum Gasteiger partial charge on any atom is -0.497 e. The monoisotopic (exact) mass is 226 g/mol. The fourth-order valence-electron chi connectivity index (χ4n) is 1.35. The van der Waals surface area contributed by atoms with Gasteiger partial charge in [0.1, 0.15) is 5.75 Å². The quantitative estimate of drug-likeness (QED) is 0.836. The molecule has 15 heavy (non-hydrogen) atoms. The summed E-state index contributed by atoms with van der Waals surface area (Å²) in [5, 5.41) is 8.75. The number of hydrogen-bond acceptors (Lipinski definition) is 3. The van der Waals surface area contributed by atoms with Crippen molar-refractivity contribution in [2.75, 3.05) is 13.4 Å². The fraction of sp³-hybridized carbons (Fsp3) is 0.364. The van der Waals surface area contributed by atoms with Crippen LogP contribution < -0.4 is 4.74 Å². The number of carbonyl (C=O) groups is 1. The highest BCUT2D eigenvalue weighted by Gasteiger charge is 2.07. The van der Waals surface area contributed by atoms with E-state index in [2.05, 4.69) is 0 Å². The van der Waals surface area contributed by atoms with Crippen molar-refractivity contribution in [2.45, 2.75) is 12.2 Å². The summed E-state index contributed by atoms with van der Waals surface area (Å²) >= 11 is 1.67. The molecule has 1 rings (SSSR count). The van der Waals surface area contributed by atoms with E-state index >= 15 is 0 Å². The van der Waals surface area contributed by atoms with Crippen LogP contribution in [0.1, 0.15) is 11.1 Å². The minimum absolute atomic E-state index is 0.0693. The van der Waals surface area contributed by atoms with Crippen molar-refractivity contribution in [1.29, 1.82) is 0 Å². The van der Waals surface area contributed by atoms with Crippen LogP contribution in [0.2, 0.25) is 0 Å². The van der Waals surface area contributed by atoms with Crippen molar-refractivity contribution in [3.05, 3.63) is 29.3 Å². The summed E-state index contributed by atoms with van der Waals surface area (Å²) in [6.45, 7) is 0.